The molecule has 0 aromatic heterocycles. The van der Waals surface area contributed by atoms with Crippen molar-refractivity contribution in [3.63, 3.8) is 0 Å². The fourth-order valence-corrected chi connectivity index (χ4v) is 3.98. The average molecular weight is 272 g/mol. The Kier molecular flexibility index (Phi) is 5.69. The van der Waals surface area contributed by atoms with Gasteiger partial charge in [0.2, 0.25) is 0 Å². The quantitative estimate of drug-likeness (QED) is 0.467. The third-order valence-electron chi connectivity index (χ3n) is 5.52. The Hall–Kier alpha value is -0.780. The van der Waals surface area contributed by atoms with Crippen molar-refractivity contribution in [3.8, 4) is 0 Å². The molecule has 20 heavy (non-hydrogen) atoms. The summed E-state index contributed by atoms with van der Waals surface area (Å²) in [6.45, 7) is 9.15. The van der Waals surface area contributed by atoms with Crippen molar-refractivity contribution in [3.05, 3.63) is 34.9 Å². The van der Waals surface area contributed by atoms with Crippen molar-refractivity contribution in [2.24, 2.45) is 17.8 Å². The van der Waals surface area contributed by atoms with Gasteiger partial charge in [0.25, 0.3) is 0 Å². The van der Waals surface area contributed by atoms with Crippen molar-refractivity contribution in [1.29, 1.82) is 0 Å². The molecule has 0 saturated heterocycles. The van der Waals surface area contributed by atoms with Gasteiger partial charge in [-0.2, -0.15) is 0 Å². The highest BCUT2D eigenvalue weighted by atomic mass is 14.4. The molecule has 0 heteroatoms. The Morgan fingerprint density at radius 1 is 1.05 bits per heavy atom. The summed E-state index contributed by atoms with van der Waals surface area (Å²) in [6, 6.07) is 0. The van der Waals surface area contributed by atoms with Crippen LogP contribution in [0.5, 0.6) is 0 Å². The standard InChI is InChI=1S/C20H32/c1-5-7-15(3)16(4)8-9-17(6-2)12-20-14-18-10-11-19(20)13-18/h6,10-11,18-20H,5,7-9,12-14H2,1-4H3. The maximum atomic E-state index is 2.49. The Balaban J connectivity index is 1.82. The van der Waals surface area contributed by atoms with Crippen LogP contribution >= 0.6 is 0 Å². The number of fused-ring (bicyclic) bond motifs is 2. The normalized spacial score (nSPS) is 30.0. The molecular weight excluding hydrogens is 240 g/mol. The molecule has 0 nitrogen and oxygen atoms in total. The topological polar surface area (TPSA) is 0 Å². The molecule has 2 bridgehead atoms. The van der Waals surface area contributed by atoms with Crippen LogP contribution in [0.1, 0.15) is 72.6 Å². The fraction of sp³-hybridized carbons (Fsp3) is 0.700. The monoisotopic (exact) mass is 272 g/mol. The van der Waals surface area contributed by atoms with E-state index < -0.39 is 0 Å². The van der Waals surface area contributed by atoms with E-state index in [1.807, 2.05) is 0 Å². The first-order valence-electron chi connectivity index (χ1n) is 8.61. The Bertz CT molecular complexity index is 408. The molecule has 2 aliphatic carbocycles. The molecule has 0 aromatic rings. The first kappa shape index (κ1) is 15.6. The molecule has 2 rings (SSSR count). The lowest BCUT2D eigenvalue weighted by molar-refractivity contribution is 0.438. The highest BCUT2D eigenvalue weighted by Gasteiger charge is 2.35. The molecule has 0 heterocycles. The molecule has 0 spiro atoms. The van der Waals surface area contributed by atoms with Gasteiger partial charge in [-0.3, -0.25) is 0 Å². The van der Waals surface area contributed by atoms with E-state index in [9.17, 15) is 0 Å². The maximum Gasteiger partial charge on any atom is -0.0196 e. The molecule has 0 aliphatic heterocycles. The van der Waals surface area contributed by atoms with Crippen LogP contribution in [-0.4, -0.2) is 0 Å². The van der Waals surface area contributed by atoms with E-state index in [-0.39, 0.29) is 0 Å². The fourth-order valence-electron chi connectivity index (χ4n) is 3.98. The minimum absolute atomic E-state index is 0.897. The van der Waals surface area contributed by atoms with Gasteiger partial charge in [-0.1, -0.05) is 48.3 Å². The lowest BCUT2D eigenvalue weighted by atomic mass is 9.85. The third kappa shape index (κ3) is 3.87. The number of rotatable bonds is 7. The number of hydrogen-bond acceptors (Lipinski definition) is 0. The van der Waals surface area contributed by atoms with Crippen LogP contribution in [0.25, 0.3) is 0 Å². The molecule has 3 atom stereocenters. The molecule has 0 aromatic carbocycles. The van der Waals surface area contributed by atoms with Crippen molar-refractivity contribution >= 4 is 0 Å². The van der Waals surface area contributed by atoms with E-state index in [4.69, 9.17) is 0 Å². The summed E-state index contributed by atoms with van der Waals surface area (Å²) in [5.41, 5.74) is 4.93. The van der Waals surface area contributed by atoms with E-state index in [0.29, 0.717) is 0 Å². The molecular formula is C20H32. The van der Waals surface area contributed by atoms with Gasteiger partial charge in [-0.15, -0.1) is 0 Å². The first-order valence-corrected chi connectivity index (χ1v) is 8.61. The second-order valence-corrected chi connectivity index (χ2v) is 7.00. The minimum atomic E-state index is 0.897. The van der Waals surface area contributed by atoms with Crippen molar-refractivity contribution in [2.75, 3.05) is 0 Å². The zero-order valence-electron chi connectivity index (χ0n) is 13.9. The highest BCUT2D eigenvalue weighted by Crippen LogP contribution is 2.46. The maximum absolute atomic E-state index is 2.49. The molecule has 2 aliphatic rings. The van der Waals surface area contributed by atoms with E-state index in [0.717, 1.165) is 17.8 Å². The molecule has 0 N–H and O–H groups in total. The predicted molar refractivity (Wildman–Crippen MR) is 89.7 cm³/mol. The number of allylic oxidation sites excluding steroid dienone is 6. The van der Waals surface area contributed by atoms with E-state index in [1.54, 1.807) is 16.7 Å². The molecule has 1 saturated carbocycles. The molecule has 0 amide bonds. The second kappa shape index (κ2) is 7.29. The van der Waals surface area contributed by atoms with Crippen LogP contribution in [0.3, 0.4) is 0 Å². The molecule has 1 fully saturated rings. The van der Waals surface area contributed by atoms with Gasteiger partial charge < -0.3 is 0 Å². The Morgan fingerprint density at radius 3 is 2.35 bits per heavy atom. The van der Waals surface area contributed by atoms with Crippen molar-refractivity contribution in [2.45, 2.75) is 72.6 Å². The van der Waals surface area contributed by atoms with E-state index in [1.165, 1.54) is 44.9 Å². The molecule has 3 unspecified atom stereocenters. The summed E-state index contributed by atoms with van der Waals surface area (Å²) in [6.07, 6.45) is 16.7. The van der Waals surface area contributed by atoms with Gasteiger partial charge in [-0.05, 0) is 77.0 Å². The van der Waals surface area contributed by atoms with Crippen LogP contribution in [-0.2, 0) is 0 Å². The van der Waals surface area contributed by atoms with E-state index >= 15 is 0 Å². The largest absolute Gasteiger partial charge is 0.0884 e. The van der Waals surface area contributed by atoms with Gasteiger partial charge in [0, 0.05) is 0 Å². The summed E-state index contributed by atoms with van der Waals surface area (Å²) in [7, 11) is 0. The molecule has 0 radical (unpaired) electrons. The number of hydrogen-bond donors (Lipinski definition) is 0. The summed E-state index contributed by atoms with van der Waals surface area (Å²) < 4.78 is 0. The summed E-state index contributed by atoms with van der Waals surface area (Å²) in [4.78, 5) is 0. The second-order valence-electron chi connectivity index (χ2n) is 7.00. The van der Waals surface area contributed by atoms with Crippen LogP contribution in [0, 0.1) is 17.8 Å². The van der Waals surface area contributed by atoms with Crippen molar-refractivity contribution < 1.29 is 0 Å². The van der Waals surface area contributed by atoms with Crippen LogP contribution in [0.4, 0.5) is 0 Å². The van der Waals surface area contributed by atoms with Crippen molar-refractivity contribution in [1.82, 2.24) is 0 Å². The smallest absolute Gasteiger partial charge is 0.0196 e. The summed E-state index contributed by atoms with van der Waals surface area (Å²) >= 11 is 0. The lowest BCUT2D eigenvalue weighted by Crippen LogP contribution is -2.08. The zero-order chi connectivity index (χ0) is 14.5. The van der Waals surface area contributed by atoms with Crippen LogP contribution in [0.2, 0.25) is 0 Å². The summed E-state index contributed by atoms with van der Waals surface area (Å²) in [5, 5.41) is 0. The zero-order valence-corrected chi connectivity index (χ0v) is 13.9. The predicted octanol–water partition coefficient (Wildman–Crippen LogP) is 6.45. The third-order valence-corrected chi connectivity index (χ3v) is 5.52. The average Bonchev–Trinajstić information content (AvgIpc) is 3.05. The van der Waals surface area contributed by atoms with Gasteiger partial charge in [-0.25, -0.2) is 0 Å². The Morgan fingerprint density at radius 2 is 1.80 bits per heavy atom. The van der Waals surface area contributed by atoms with Gasteiger partial charge in [0.15, 0.2) is 0 Å². The lowest BCUT2D eigenvalue weighted by Gasteiger charge is -2.20. The van der Waals surface area contributed by atoms with Gasteiger partial charge in [0.1, 0.15) is 0 Å². The summed E-state index contributed by atoms with van der Waals surface area (Å²) in [5.74, 6) is 2.75. The minimum Gasteiger partial charge on any atom is -0.0884 e. The highest BCUT2D eigenvalue weighted by molar-refractivity contribution is 5.16. The molecule has 112 valence electrons. The van der Waals surface area contributed by atoms with E-state index in [2.05, 4.69) is 45.9 Å². The van der Waals surface area contributed by atoms with Gasteiger partial charge >= 0.3 is 0 Å². The Labute approximate surface area is 126 Å². The van der Waals surface area contributed by atoms with Crippen LogP contribution < -0.4 is 0 Å². The van der Waals surface area contributed by atoms with Gasteiger partial charge in [0.05, 0.1) is 0 Å². The first-order chi connectivity index (χ1) is 9.63. The SMILES string of the molecule is CC=C(CCC(C)=C(C)CCC)CC1CC2C=CC1C2. The van der Waals surface area contributed by atoms with Crippen LogP contribution in [0.15, 0.2) is 34.9 Å².